The summed E-state index contributed by atoms with van der Waals surface area (Å²) in [6.07, 6.45) is 2.87. The molecule has 0 spiro atoms. The Labute approximate surface area is 147 Å². The van der Waals surface area contributed by atoms with E-state index in [1.807, 2.05) is 18.2 Å². The highest BCUT2D eigenvalue weighted by atomic mass is 16.1. The Morgan fingerprint density at radius 3 is 2.44 bits per heavy atom. The summed E-state index contributed by atoms with van der Waals surface area (Å²) in [5.41, 5.74) is 17.4. The van der Waals surface area contributed by atoms with Crippen molar-refractivity contribution >= 4 is 22.5 Å². The van der Waals surface area contributed by atoms with Gasteiger partial charge in [0.15, 0.2) is 5.69 Å². The number of carbonyl (C=O) groups excluding carboxylic acids is 1. The van der Waals surface area contributed by atoms with Crippen LogP contribution in [0.25, 0.3) is 10.9 Å². The molecule has 5 nitrogen and oxygen atoms in total. The number of primary amides is 1. The van der Waals surface area contributed by atoms with Crippen LogP contribution >= 0.6 is 0 Å². The second-order valence-electron chi connectivity index (χ2n) is 6.49. The number of nitrogen functional groups attached to an aromatic ring is 1. The maximum Gasteiger partial charge on any atom is 0.271 e. The maximum absolute atomic E-state index is 11.4. The van der Waals surface area contributed by atoms with Gasteiger partial charge in [-0.05, 0) is 44.2 Å². The average molecular weight is 334 g/mol. The number of amides is 1. The molecule has 3 rings (SSSR count). The van der Waals surface area contributed by atoms with Crippen molar-refractivity contribution < 1.29 is 4.79 Å². The van der Waals surface area contributed by atoms with E-state index in [2.05, 4.69) is 42.2 Å². The molecule has 4 N–H and O–H groups in total. The normalized spacial score (nSPS) is 11.0. The first-order valence-corrected chi connectivity index (χ1v) is 8.36. The smallest absolute Gasteiger partial charge is 0.271 e. The van der Waals surface area contributed by atoms with Gasteiger partial charge in [0.1, 0.15) is 0 Å². The molecule has 3 aromatic rings. The molecule has 0 fully saturated rings. The van der Waals surface area contributed by atoms with E-state index >= 15 is 0 Å². The van der Waals surface area contributed by atoms with Gasteiger partial charge in [-0.3, -0.25) is 4.79 Å². The summed E-state index contributed by atoms with van der Waals surface area (Å²) in [7, 11) is 0. The maximum atomic E-state index is 11.4. The van der Waals surface area contributed by atoms with Crippen molar-refractivity contribution in [2.75, 3.05) is 5.73 Å². The van der Waals surface area contributed by atoms with Crippen molar-refractivity contribution in [2.24, 2.45) is 5.73 Å². The molecule has 2 aromatic carbocycles. The van der Waals surface area contributed by atoms with Gasteiger partial charge in [0, 0.05) is 5.39 Å². The number of carbonyl (C=O) groups is 1. The lowest BCUT2D eigenvalue weighted by molar-refractivity contribution is 0.0996. The van der Waals surface area contributed by atoms with Crippen molar-refractivity contribution in [3.8, 4) is 0 Å². The minimum Gasteiger partial charge on any atom is -0.396 e. The quantitative estimate of drug-likeness (QED) is 0.749. The van der Waals surface area contributed by atoms with Gasteiger partial charge in [0.2, 0.25) is 0 Å². The first kappa shape index (κ1) is 16.9. The summed E-state index contributed by atoms with van der Waals surface area (Å²) >= 11 is 0. The predicted molar refractivity (Wildman–Crippen MR) is 100 cm³/mol. The summed E-state index contributed by atoms with van der Waals surface area (Å²) < 4.78 is 0. The molecule has 0 radical (unpaired) electrons. The average Bonchev–Trinajstić information content (AvgIpc) is 2.54. The zero-order chi connectivity index (χ0) is 18.0. The minimum atomic E-state index is -0.660. The van der Waals surface area contributed by atoms with Crippen molar-refractivity contribution in [3.05, 3.63) is 64.3 Å². The minimum absolute atomic E-state index is 0.0277. The fourth-order valence-electron chi connectivity index (χ4n) is 3.29. The highest BCUT2D eigenvalue weighted by Crippen LogP contribution is 2.25. The van der Waals surface area contributed by atoms with Crippen LogP contribution in [0.5, 0.6) is 0 Å². The van der Waals surface area contributed by atoms with Gasteiger partial charge >= 0.3 is 0 Å². The molecule has 0 aliphatic heterocycles. The van der Waals surface area contributed by atoms with Crippen LogP contribution in [-0.4, -0.2) is 16.1 Å². The third-order valence-corrected chi connectivity index (χ3v) is 4.34. The van der Waals surface area contributed by atoms with Crippen molar-refractivity contribution in [1.29, 1.82) is 0 Å². The number of rotatable bonds is 5. The van der Waals surface area contributed by atoms with Gasteiger partial charge in [-0.2, -0.15) is 0 Å². The van der Waals surface area contributed by atoms with Crippen molar-refractivity contribution in [3.63, 3.8) is 0 Å². The van der Waals surface area contributed by atoms with E-state index in [9.17, 15) is 4.79 Å². The van der Waals surface area contributed by atoms with Gasteiger partial charge in [0.25, 0.3) is 5.91 Å². The number of nitrogens with zero attached hydrogens (tertiary/aromatic N) is 2. The number of anilines is 1. The molecule has 0 aliphatic rings. The molecule has 0 aliphatic carbocycles. The molecule has 1 heterocycles. The van der Waals surface area contributed by atoms with Crippen LogP contribution in [0, 0.1) is 13.8 Å². The summed E-state index contributed by atoms with van der Waals surface area (Å²) in [6.45, 7) is 4.24. The van der Waals surface area contributed by atoms with Gasteiger partial charge in [-0.1, -0.05) is 47.5 Å². The van der Waals surface area contributed by atoms with E-state index < -0.39 is 5.91 Å². The lowest BCUT2D eigenvalue weighted by atomic mass is 9.99. The van der Waals surface area contributed by atoms with Crippen LogP contribution in [0.1, 0.15) is 39.2 Å². The Balaban J connectivity index is 1.82. The molecule has 0 unspecified atom stereocenters. The predicted octanol–water partition coefficient (Wildman–Crippen LogP) is 3.10. The molecular formula is C20H22N4O. The number of aromatic nitrogens is 2. The van der Waals surface area contributed by atoms with E-state index in [-0.39, 0.29) is 5.69 Å². The largest absolute Gasteiger partial charge is 0.396 e. The summed E-state index contributed by atoms with van der Waals surface area (Å²) in [5.74, 6) is -0.660. The van der Waals surface area contributed by atoms with Crippen LogP contribution < -0.4 is 11.5 Å². The second-order valence-corrected chi connectivity index (χ2v) is 6.49. The Morgan fingerprint density at radius 2 is 1.76 bits per heavy atom. The van der Waals surface area contributed by atoms with Crippen LogP contribution in [0.3, 0.4) is 0 Å². The highest BCUT2D eigenvalue weighted by Gasteiger charge is 2.14. The molecule has 0 saturated heterocycles. The molecule has 1 amide bonds. The Kier molecular flexibility index (Phi) is 4.65. The van der Waals surface area contributed by atoms with Gasteiger partial charge in [-0.15, -0.1) is 10.2 Å². The van der Waals surface area contributed by atoms with Crippen molar-refractivity contribution in [2.45, 2.75) is 33.1 Å². The number of benzene rings is 2. The van der Waals surface area contributed by atoms with Gasteiger partial charge in [0.05, 0.1) is 11.2 Å². The summed E-state index contributed by atoms with van der Waals surface area (Å²) in [6, 6.07) is 12.4. The lowest BCUT2D eigenvalue weighted by Gasteiger charge is -2.09. The Hall–Kier alpha value is -2.95. The first-order chi connectivity index (χ1) is 12.0. The Morgan fingerprint density at radius 1 is 1.04 bits per heavy atom. The zero-order valence-electron chi connectivity index (χ0n) is 14.5. The van der Waals surface area contributed by atoms with Crippen LogP contribution in [0.4, 0.5) is 5.69 Å². The van der Waals surface area contributed by atoms with E-state index in [0.29, 0.717) is 5.69 Å². The standard InChI is InChI=1S/C20H22N4O/c1-12-9-13(2)11-14(10-12)5-3-6-15-7-4-8-16-17(21)19(20(22)25)24-23-18(15)16/h4,7-11H,3,5-6H2,1-2H3,(H2,21,23)(H2,22,25). The number of fused-ring (bicyclic) bond motifs is 1. The second kappa shape index (κ2) is 6.89. The summed E-state index contributed by atoms with van der Waals surface area (Å²) in [4.78, 5) is 11.4. The van der Waals surface area contributed by atoms with Gasteiger partial charge in [-0.25, -0.2) is 0 Å². The fourth-order valence-corrected chi connectivity index (χ4v) is 3.29. The molecule has 0 atom stereocenters. The number of aryl methyl sites for hydroxylation is 4. The highest BCUT2D eigenvalue weighted by molar-refractivity contribution is 6.04. The fraction of sp³-hybridized carbons (Fsp3) is 0.250. The van der Waals surface area contributed by atoms with E-state index in [4.69, 9.17) is 11.5 Å². The van der Waals surface area contributed by atoms with Gasteiger partial charge < -0.3 is 11.5 Å². The molecule has 0 saturated carbocycles. The summed E-state index contributed by atoms with van der Waals surface area (Å²) in [5, 5.41) is 8.82. The number of hydrogen-bond donors (Lipinski definition) is 2. The molecule has 25 heavy (non-hydrogen) atoms. The Bertz CT molecular complexity index is 930. The molecule has 1 aromatic heterocycles. The van der Waals surface area contributed by atoms with E-state index in [1.165, 1.54) is 16.7 Å². The SMILES string of the molecule is Cc1cc(C)cc(CCCc2cccc3c(N)c(C(N)=O)nnc23)c1. The molecule has 5 heteroatoms. The molecular weight excluding hydrogens is 312 g/mol. The third-order valence-electron chi connectivity index (χ3n) is 4.34. The molecule has 128 valence electrons. The van der Waals surface area contributed by atoms with E-state index in [1.54, 1.807) is 0 Å². The van der Waals surface area contributed by atoms with Crippen LogP contribution in [0.2, 0.25) is 0 Å². The third kappa shape index (κ3) is 3.60. The molecule has 0 bridgehead atoms. The van der Waals surface area contributed by atoms with Crippen LogP contribution in [-0.2, 0) is 12.8 Å². The van der Waals surface area contributed by atoms with Crippen molar-refractivity contribution in [1.82, 2.24) is 10.2 Å². The number of nitrogens with two attached hydrogens (primary N) is 2. The first-order valence-electron chi connectivity index (χ1n) is 8.36. The lowest BCUT2D eigenvalue weighted by Crippen LogP contribution is -2.17. The topological polar surface area (TPSA) is 94.9 Å². The zero-order valence-corrected chi connectivity index (χ0v) is 14.5. The number of hydrogen-bond acceptors (Lipinski definition) is 4. The monoisotopic (exact) mass is 334 g/mol. The van der Waals surface area contributed by atoms with Crippen LogP contribution in [0.15, 0.2) is 36.4 Å². The van der Waals surface area contributed by atoms with E-state index in [0.717, 1.165) is 35.7 Å².